The lowest BCUT2D eigenvalue weighted by molar-refractivity contribution is 0.101. The normalized spacial score (nSPS) is 9.27. The van der Waals surface area contributed by atoms with E-state index in [-0.39, 0.29) is 5.78 Å². The summed E-state index contributed by atoms with van der Waals surface area (Å²) in [7, 11) is 1.54. The Morgan fingerprint density at radius 3 is 2.82 bits per heavy atom. The van der Waals surface area contributed by atoms with Crippen LogP contribution in [-0.4, -0.2) is 12.9 Å². The average Bonchev–Trinajstić information content (AvgIpc) is 2.04. The van der Waals surface area contributed by atoms with Crippen molar-refractivity contribution in [3.05, 3.63) is 29.8 Å². The van der Waals surface area contributed by atoms with Gasteiger partial charge in [0.1, 0.15) is 5.75 Å². The first-order valence-corrected chi connectivity index (χ1v) is 3.30. The van der Waals surface area contributed by atoms with Crippen LogP contribution in [0, 0.1) is 6.07 Å². The molecule has 0 saturated heterocycles. The molecule has 11 heavy (non-hydrogen) atoms. The van der Waals surface area contributed by atoms with Crippen molar-refractivity contribution in [1.82, 2.24) is 0 Å². The second-order valence-corrected chi connectivity index (χ2v) is 2.18. The quantitative estimate of drug-likeness (QED) is 0.598. The van der Waals surface area contributed by atoms with E-state index in [4.69, 9.17) is 4.74 Å². The molecule has 57 valence electrons. The van der Waals surface area contributed by atoms with Gasteiger partial charge in [-0.25, -0.2) is 0 Å². The Hall–Kier alpha value is -1.31. The number of Topliss-reactive ketones (excluding diaryl/α,β-unsaturated/α-hetero) is 1. The molecule has 0 saturated carbocycles. The Bertz CT molecular complexity index is 266. The predicted molar refractivity (Wildman–Crippen MR) is 41.8 cm³/mol. The summed E-state index contributed by atoms with van der Waals surface area (Å²) >= 11 is 0. The summed E-state index contributed by atoms with van der Waals surface area (Å²) in [5.41, 5.74) is 0.579. The number of hydrogen-bond donors (Lipinski definition) is 0. The van der Waals surface area contributed by atoms with Gasteiger partial charge in [-0.2, -0.15) is 0 Å². The summed E-state index contributed by atoms with van der Waals surface area (Å²) < 4.78 is 4.97. The molecule has 0 unspecified atom stereocenters. The molecular weight excluding hydrogens is 140 g/mol. The molecule has 0 N–H and O–H groups in total. The van der Waals surface area contributed by atoms with E-state index >= 15 is 0 Å². The number of rotatable bonds is 2. The smallest absolute Gasteiger partial charge is 0.163 e. The highest BCUT2D eigenvalue weighted by molar-refractivity contribution is 5.96. The van der Waals surface area contributed by atoms with Crippen LogP contribution in [0.4, 0.5) is 0 Å². The van der Waals surface area contributed by atoms with Crippen molar-refractivity contribution in [3.63, 3.8) is 0 Å². The lowest BCUT2D eigenvalue weighted by atomic mass is 10.1. The van der Waals surface area contributed by atoms with Crippen LogP contribution in [0.15, 0.2) is 18.2 Å². The number of ether oxygens (including phenoxy) is 1. The fourth-order valence-electron chi connectivity index (χ4n) is 0.869. The SMILES string of the molecule is COc1cc[c]cc1C(C)=O. The number of ketones is 1. The fourth-order valence-corrected chi connectivity index (χ4v) is 0.869. The van der Waals surface area contributed by atoms with E-state index in [1.54, 1.807) is 25.3 Å². The number of carbonyl (C=O) groups excluding carboxylic acids is 1. The van der Waals surface area contributed by atoms with Gasteiger partial charge in [-0.3, -0.25) is 4.79 Å². The lowest BCUT2D eigenvalue weighted by Crippen LogP contribution is -1.96. The molecule has 0 aromatic heterocycles. The Kier molecular flexibility index (Phi) is 2.26. The van der Waals surface area contributed by atoms with Gasteiger partial charge in [0.15, 0.2) is 5.78 Å². The molecule has 0 amide bonds. The van der Waals surface area contributed by atoms with E-state index in [1.165, 1.54) is 6.92 Å². The fraction of sp³-hybridized carbons (Fsp3) is 0.222. The largest absolute Gasteiger partial charge is 0.496 e. The molecule has 1 rings (SSSR count). The Balaban J connectivity index is 3.12. The summed E-state index contributed by atoms with van der Waals surface area (Å²) in [6, 6.07) is 7.87. The molecule has 0 bridgehead atoms. The van der Waals surface area contributed by atoms with Crippen molar-refractivity contribution < 1.29 is 9.53 Å². The van der Waals surface area contributed by atoms with Crippen molar-refractivity contribution in [2.75, 3.05) is 7.11 Å². The summed E-state index contributed by atoms with van der Waals surface area (Å²) in [6.07, 6.45) is 0. The summed E-state index contributed by atoms with van der Waals surface area (Å²) in [6.45, 7) is 1.51. The van der Waals surface area contributed by atoms with E-state index in [2.05, 4.69) is 6.07 Å². The molecule has 2 nitrogen and oxygen atoms in total. The molecule has 2 heteroatoms. The van der Waals surface area contributed by atoms with E-state index in [9.17, 15) is 4.79 Å². The zero-order valence-corrected chi connectivity index (χ0v) is 6.55. The van der Waals surface area contributed by atoms with Gasteiger partial charge in [-0.15, -0.1) is 0 Å². The van der Waals surface area contributed by atoms with E-state index in [0.29, 0.717) is 11.3 Å². The van der Waals surface area contributed by atoms with Crippen LogP contribution in [0.1, 0.15) is 17.3 Å². The minimum absolute atomic E-state index is 0.00120. The molecule has 0 fully saturated rings. The van der Waals surface area contributed by atoms with Crippen LogP contribution >= 0.6 is 0 Å². The van der Waals surface area contributed by atoms with Gasteiger partial charge in [0.2, 0.25) is 0 Å². The van der Waals surface area contributed by atoms with Crippen LogP contribution in [0.5, 0.6) is 5.75 Å². The third kappa shape index (κ3) is 1.58. The van der Waals surface area contributed by atoms with Crippen LogP contribution in [0.3, 0.4) is 0 Å². The van der Waals surface area contributed by atoms with Crippen LogP contribution in [0.2, 0.25) is 0 Å². The lowest BCUT2D eigenvalue weighted by Gasteiger charge is -2.02. The molecule has 0 aliphatic carbocycles. The standard InChI is InChI=1S/C9H9O2/c1-7(10)8-5-3-4-6-9(8)11-2/h4-6H,1-2H3. The van der Waals surface area contributed by atoms with Gasteiger partial charge >= 0.3 is 0 Å². The van der Waals surface area contributed by atoms with Crippen molar-refractivity contribution in [2.45, 2.75) is 6.92 Å². The van der Waals surface area contributed by atoms with E-state index < -0.39 is 0 Å². The van der Waals surface area contributed by atoms with Gasteiger partial charge in [0.25, 0.3) is 0 Å². The molecule has 1 radical (unpaired) electrons. The number of methoxy groups -OCH3 is 1. The third-order valence-electron chi connectivity index (χ3n) is 1.42. The second kappa shape index (κ2) is 3.19. The first-order chi connectivity index (χ1) is 5.25. The Labute approximate surface area is 65.8 Å². The number of hydrogen-bond acceptors (Lipinski definition) is 2. The van der Waals surface area contributed by atoms with E-state index in [0.717, 1.165) is 0 Å². The van der Waals surface area contributed by atoms with Gasteiger partial charge in [-0.05, 0) is 25.1 Å². The third-order valence-corrected chi connectivity index (χ3v) is 1.42. The molecule has 0 aliphatic heterocycles. The van der Waals surface area contributed by atoms with Crippen molar-refractivity contribution >= 4 is 5.78 Å². The number of benzene rings is 1. The van der Waals surface area contributed by atoms with Crippen LogP contribution < -0.4 is 4.74 Å². The molecule has 0 heterocycles. The van der Waals surface area contributed by atoms with Gasteiger partial charge in [0, 0.05) is 0 Å². The highest BCUT2D eigenvalue weighted by Crippen LogP contribution is 2.16. The van der Waals surface area contributed by atoms with Gasteiger partial charge < -0.3 is 4.74 Å². The van der Waals surface area contributed by atoms with E-state index in [1.807, 2.05) is 0 Å². The first kappa shape index (κ1) is 7.79. The minimum Gasteiger partial charge on any atom is -0.496 e. The Morgan fingerprint density at radius 2 is 2.36 bits per heavy atom. The minimum atomic E-state index is -0.00120. The summed E-state index contributed by atoms with van der Waals surface area (Å²) in [5.74, 6) is 0.606. The Morgan fingerprint density at radius 1 is 1.64 bits per heavy atom. The molecule has 0 aliphatic rings. The zero-order valence-electron chi connectivity index (χ0n) is 6.55. The summed E-state index contributed by atoms with van der Waals surface area (Å²) in [5, 5.41) is 0. The maximum Gasteiger partial charge on any atom is 0.163 e. The van der Waals surface area contributed by atoms with Crippen molar-refractivity contribution in [2.24, 2.45) is 0 Å². The molecule has 1 aromatic carbocycles. The van der Waals surface area contributed by atoms with Crippen molar-refractivity contribution in [3.8, 4) is 5.75 Å². The predicted octanol–water partition coefficient (Wildman–Crippen LogP) is 1.70. The summed E-state index contributed by atoms with van der Waals surface area (Å²) in [4.78, 5) is 10.9. The second-order valence-electron chi connectivity index (χ2n) is 2.18. The molecule has 0 spiro atoms. The molecular formula is C9H9O2. The first-order valence-electron chi connectivity index (χ1n) is 3.30. The maximum atomic E-state index is 10.9. The molecule has 0 atom stereocenters. The highest BCUT2D eigenvalue weighted by Gasteiger charge is 2.04. The monoisotopic (exact) mass is 149 g/mol. The van der Waals surface area contributed by atoms with Crippen LogP contribution in [0.25, 0.3) is 0 Å². The van der Waals surface area contributed by atoms with Crippen LogP contribution in [-0.2, 0) is 0 Å². The molecule has 1 aromatic rings. The van der Waals surface area contributed by atoms with Gasteiger partial charge in [0.05, 0.1) is 12.7 Å². The zero-order chi connectivity index (χ0) is 8.27. The topological polar surface area (TPSA) is 26.3 Å². The van der Waals surface area contributed by atoms with Gasteiger partial charge in [-0.1, -0.05) is 6.07 Å². The number of carbonyl (C=O) groups is 1. The highest BCUT2D eigenvalue weighted by atomic mass is 16.5. The average molecular weight is 149 g/mol. The van der Waals surface area contributed by atoms with Crippen molar-refractivity contribution in [1.29, 1.82) is 0 Å². The maximum absolute atomic E-state index is 10.9.